The van der Waals surface area contributed by atoms with Crippen LogP contribution in [0.15, 0.2) is 18.2 Å². The number of hydrogen-bond acceptors (Lipinski definition) is 3. The molecule has 0 heterocycles. The third kappa shape index (κ3) is 3.75. The van der Waals surface area contributed by atoms with Crippen molar-refractivity contribution in [3.05, 3.63) is 29.8 Å². The Kier molecular flexibility index (Phi) is 5.14. The molecule has 5 heteroatoms. The van der Waals surface area contributed by atoms with Gasteiger partial charge in [0.2, 0.25) is 0 Å². The van der Waals surface area contributed by atoms with Crippen LogP contribution >= 0.6 is 0 Å². The molecule has 0 fully saturated rings. The van der Waals surface area contributed by atoms with Crippen LogP contribution in [-0.2, 0) is 4.74 Å². The zero-order chi connectivity index (χ0) is 12.0. The van der Waals surface area contributed by atoms with Gasteiger partial charge in [-0.15, -0.1) is 0 Å². The highest BCUT2D eigenvalue weighted by atomic mass is 19.1. The Morgan fingerprint density at radius 2 is 2.12 bits per heavy atom. The van der Waals surface area contributed by atoms with Crippen molar-refractivity contribution in [1.29, 1.82) is 0 Å². The van der Waals surface area contributed by atoms with Crippen molar-refractivity contribution in [2.45, 2.75) is 13.0 Å². The minimum atomic E-state index is -0.729. The lowest BCUT2D eigenvalue weighted by molar-refractivity contribution is 0.0326. The molecule has 0 aliphatic heterocycles. The lowest BCUT2D eigenvalue weighted by Crippen LogP contribution is -2.30. The molecule has 3 nitrogen and oxygen atoms in total. The molecular weight excluding hydrogens is 216 g/mol. The fourth-order valence-electron chi connectivity index (χ4n) is 1.19. The Hall–Kier alpha value is -1.20. The van der Waals surface area contributed by atoms with Crippen LogP contribution in [0.2, 0.25) is 0 Å². The molecule has 0 saturated heterocycles. The molecule has 0 spiro atoms. The summed E-state index contributed by atoms with van der Waals surface area (Å²) in [6.45, 7) is 2.78. The summed E-state index contributed by atoms with van der Waals surface area (Å²) in [6, 6.07) is 3.15. The predicted molar refractivity (Wildman–Crippen MR) is 56.3 cm³/mol. The summed E-state index contributed by atoms with van der Waals surface area (Å²) in [5.41, 5.74) is 5.43. The van der Waals surface area contributed by atoms with Gasteiger partial charge in [-0.3, -0.25) is 0 Å². The topological polar surface area (TPSA) is 44.5 Å². The van der Waals surface area contributed by atoms with Crippen molar-refractivity contribution in [3.8, 4) is 5.75 Å². The summed E-state index contributed by atoms with van der Waals surface area (Å²) in [5.74, 6) is -1.36. The molecule has 1 unspecified atom stereocenters. The van der Waals surface area contributed by atoms with E-state index >= 15 is 0 Å². The van der Waals surface area contributed by atoms with E-state index in [9.17, 15) is 8.78 Å². The van der Waals surface area contributed by atoms with Gasteiger partial charge in [0, 0.05) is 19.2 Å². The van der Waals surface area contributed by atoms with E-state index in [1.165, 1.54) is 6.07 Å². The van der Waals surface area contributed by atoms with Crippen LogP contribution in [0, 0.1) is 11.6 Å². The van der Waals surface area contributed by atoms with Gasteiger partial charge in [-0.1, -0.05) is 0 Å². The minimum absolute atomic E-state index is 0.000414. The van der Waals surface area contributed by atoms with Gasteiger partial charge in [0.1, 0.15) is 18.5 Å². The maximum absolute atomic E-state index is 13.2. The first-order valence-electron chi connectivity index (χ1n) is 5.07. The number of nitrogens with two attached hydrogens (primary N) is 1. The Morgan fingerprint density at radius 1 is 1.38 bits per heavy atom. The molecule has 0 bridgehead atoms. The summed E-state index contributed by atoms with van der Waals surface area (Å²) in [7, 11) is 0. The average Bonchev–Trinajstić information content (AvgIpc) is 2.26. The van der Waals surface area contributed by atoms with Gasteiger partial charge < -0.3 is 15.2 Å². The molecule has 0 saturated carbocycles. The molecule has 0 amide bonds. The molecule has 1 aromatic rings. The molecular formula is C11H15F2NO2. The molecule has 2 N–H and O–H groups in total. The molecule has 1 atom stereocenters. The van der Waals surface area contributed by atoms with Gasteiger partial charge in [0.05, 0.1) is 0 Å². The first-order chi connectivity index (χ1) is 7.67. The van der Waals surface area contributed by atoms with E-state index in [-0.39, 0.29) is 25.0 Å². The van der Waals surface area contributed by atoms with Crippen molar-refractivity contribution in [3.63, 3.8) is 0 Å². The van der Waals surface area contributed by atoms with Gasteiger partial charge >= 0.3 is 0 Å². The highest BCUT2D eigenvalue weighted by Gasteiger charge is 2.10. The van der Waals surface area contributed by atoms with Crippen LogP contribution in [0.25, 0.3) is 0 Å². The largest absolute Gasteiger partial charge is 0.488 e. The monoisotopic (exact) mass is 231 g/mol. The van der Waals surface area contributed by atoms with Gasteiger partial charge in [0.25, 0.3) is 0 Å². The van der Waals surface area contributed by atoms with Crippen LogP contribution in [0.1, 0.15) is 6.92 Å². The van der Waals surface area contributed by atoms with Crippen molar-refractivity contribution >= 4 is 0 Å². The van der Waals surface area contributed by atoms with E-state index in [0.717, 1.165) is 12.1 Å². The number of rotatable bonds is 6. The summed E-state index contributed by atoms with van der Waals surface area (Å²) >= 11 is 0. The molecule has 1 rings (SSSR count). The zero-order valence-corrected chi connectivity index (χ0v) is 9.08. The summed E-state index contributed by atoms with van der Waals surface area (Å²) in [5, 5.41) is 0. The maximum Gasteiger partial charge on any atom is 0.167 e. The van der Waals surface area contributed by atoms with E-state index < -0.39 is 11.6 Å². The van der Waals surface area contributed by atoms with Crippen molar-refractivity contribution in [2.24, 2.45) is 5.73 Å². The Labute approximate surface area is 93.2 Å². The first kappa shape index (κ1) is 12.9. The molecule has 1 aromatic carbocycles. The Morgan fingerprint density at radius 3 is 2.69 bits per heavy atom. The van der Waals surface area contributed by atoms with Gasteiger partial charge in [0.15, 0.2) is 11.6 Å². The van der Waals surface area contributed by atoms with Crippen molar-refractivity contribution in [2.75, 3.05) is 19.8 Å². The second-order valence-corrected chi connectivity index (χ2v) is 3.20. The highest BCUT2D eigenvalue weighted by molar-refractivity contribution is 5.24. The van der Waals surface area contributed by atoms with Crippen LogP contribution in [-0.4, -0.2) is 25.9 Å². The molecule has 0 radical (unpaired) electrons. The summed E-state index contributed by atoms with van der Waals surface area (Å²) < 4.78 is 36.1. The average molecular weight is 231 g/mol. The number of hydrogen-bond donors (Lipinski definition) is 1. The molecule has 0 aliphatic rings. The lowest BCUT2D eigenvalue weighted by atomic mass is 10.3. The predicted octanol–water partition coefficient (Wildman–Crippen LogP) is 1.71. The number of benzene rings is 1. The Balaban J connectivity index is 2.53. The van der Waals surface area contributed by atoms with Crippen LogP contribution in [0.4, 0.5) is 8.78 Å². The fourth-order valence-corrected chi connectivity index (χ4v) is 1.19. The van der Waals surface area contributed by atoms with Crippen molar-refractivity contribution < 1.29 is 18.3 Å². The second kappa shape index (κ2) is 6.40. The van der Waals surface area contributed by atoms with Crippen LogP contribution < -0.4 is 10.5 Å². The molecule has 90 valence electrons. The number of halogens is 2. The van der Waals surface area contributed by atoms with Crippen LogP contribution in [0.3, 0.4) is 0 Å². The van der Waals surface area contributed by atoms with E-state index in [1.807, 2.05) is 6.92 Å². The third-order valence-corrected chi connectivity index (χ3v) is 1.98. The number of ether oxygens (including phenoxy) is 2. The standard InChI is InChI=1S/C11H15F2NO2/c1-2-15-9(6-14)7-16-11-4-3-8(12)5-10(11)13/h3-5,9H,2,6-7,14H2,1H3. The lowest BCUT2D eigenvalue weighted by Gasteiger charge is -2.15. The highest BCUT2D eigenvalue weighted by Crippen LogP contribution is 2.17. The van der Waals surface area contributed by atoms with E-state index in [2.05, 4.69) is 0 Å². The van der Waals surface area contributed by atoms with Gasteiger partial charge in [-0.25, -0.2) is 8.78 Å². The minimum Gasteiger partial charge on any atom is -0.488 e. The van der Waals surface area contributed by atoms with Crippen molar-refractivity contribution in [1.82, 2.24) is 0 Å². The molecule has 0 aromatic heterocycles. The molecule has 0 aliphatic carbocycles. The normalized spacial score (nSPS) is 12.5. The fraction of sp³-hybridized carbons (Fsp3) is 0.455. The van der Waals surface area contributed by atoms with Gasteiger partial charge in [-0.05, 0) is 19.1 Å². The van der Waals surface area contributed by atoms with E-state index in [4.69, 9.17) is 15.2 Å². The third-order valence-electron chi connectivity index (χ3n) is 1.98. The SMILES string of the molecule is CCOC(CN)COc1ccc(F)cc1F. The van der Waals surface area contributed by atoms with Crippen LogP contribution in [0.5, 0.6) is 5.75 Å². The summed E-state index contributed by atoms with van der Waals surface area (Å²) in [4.78, 5) is 0. The quantitative estimate of drug-likeness (QED) is 0.810. The Bertz CT molecular complexity index is 334. The summed E-state index contributed by atoms with van der Waals surface area (Å²) in [6.07, 6.45) is -0.283. The van der Waals surface area contributed by atoms with E-state index in [1.54, 1.807) is 0 Å². The van der Waals surface area contributed by atoms with E-state index in [0.29, 0.717) is 6.61 Å². The zero-order valence-electron chi connectivity index (χ0n) is 9.08. The smallest absolute Gasteiger partial charge is 0.167 e. The van der Waals surface area contributed by atoms with Gasteiger partial charge in [-0.2, -0.15) is 0 Å². The maximum atomic E-state index is 13.2. The second-order valence-electron chi connectivity index (χ2n) is 3.20. The molecule has 16 heavy (non-hydrogen) atoms. The first-order valence-corrected chi connectivity index (χ1v) is 5.07.